The van der Waals surface area contributed by atoms with Crippen molar-refractivity contribution in [3.63, 3.8) is 0 Å². The maximum atomic E-state index is 10.3. The van der Waals surface area contributed by atoms with Gasteiger partial charge in [0.1, 0.15) is 18.3 Å². The van der Waals surface area contributed by atoms with E-state index in [1.165, 1.54) is 0 Å². The fourth-order valence-electron chi connectivity index (χ4n) is 1.80. The first kappa shape index (κ1) is 15.3. The van der Waals surface area contributed by atoms with Crippen LogP contribution in [-0.4, -0.2) is 73.4 Å². The molecule has 0 aromatic carbocycles. The molecule has 1 aliphatic heterocycles. The Kier molecular flexibility index (Phi) is 5.02. The van der Waals surface area contributed by atoms with Gasteiger partial charge in [-0.1, -0.05) is 0 Å². The van der Waals surface area contributed by atoms with Crippen molar-refractivity contribution >= 4 is 5.97 Å². The molecule has 5 atom stereocenters. The van der Waals surface area contributed by atoms with Gasteiger partial charge in [0.05, 0.1) is 12.7 Å². The molecule has 1 heterocycles. The van der Waals surface area contributed by atoms with Crippen LogP contribution >= 0.6 is 0 Å². The van der Waals surface area contributed by atoms with Gasteiger partial charge in [-0.2, -0.15) is 0 Å². The zero-order valence-electron chi connectivity index (χ0n) is 9.64. The number of hydrogen-bond acceptors (Lipinski definition) is 7. The zero-order chi connectivity index (χ0) is 13.9. The normalized spacial score (nSPS) is 38.4. The first-order valence-electron chi connectivity index (χ1n) is 5.56. The predicted octanol–water partition coefficient (Wildman–Crippen LogP) is -2.60. The van der Waals surface area contributed by atoms with Crippen LogP contribution < -0.4 is 0 Å². The molecule has 0 radical (unpaired) electrons. The van der Waals surface area contributed by atoms with E-state index in [0.717, 1.165) is 0 Å². The van der Waals surface area contributed by atoms with Crippen LogP contribution in [0.4, 0.5) is 0 Å². The molecule has 0 saturated carbocycles. The number of aliphatic hydroxyl groups is 5. The quantitative estimate of drug-likeness (QED) is 0.317. The van der Waals surface area contributed by atoms with Gasteiger partial charge in [0, 0.05) is 12.8 Å². The second kappa shape index (κ2) is 5.91. The molecule has 8 heteroatoms. The van der Waals surface area contributed by atoms with Gasteiger partial charge < -0.3 is 35.4 Å². The van der Waals surface area contributed by atoms with E-state index in [2.05, 4.69) is 0 Å². The van der Waals surface area contributed by atoms with Crippen molar-refractivity contribution in [3.8, 4) is 0 Å². The van der Waals surface area contributed by atoms with Gasteiger partial charge in [0.2, 0.25) is 0 Å². The Labute approximate surface area is 103 Å². The molecule has 0 spiro atoms. The largest absolute Gasteiger partial charge is 0.481 e. The first-order chi connectivity index (χ1) is 8.26. The van der Waals surface area contributed by atoms with Gasteiger partial charge in [-0.3, -0.25) is 4.79 Å². The highest BCUT2D eigenvalue weighted by Gasteiger charge is 2.49. The summed E-state index contributed by atoms with van der Waals surface area (Å²) < 4.78 is 4.83. The van der Waals surface area contributed by atoms with Crippen molar-refractivity contribution in [1.82, 2.24) is 0 Å². The molecule has 18 heavy (non-hydrogen) atoms. The van der Waals surface area contributed by atoms with Crippen molar-refractivity contribution in [2.45, 2.75) is 49.5 Å². The number of carboxylic acid groups (broad SMARTS) is 1. The van der Waals surface area contributed by atoms with Crippen LogP contribution in [0.2, 0.25) is 0 Å². The SMILES string of the molecule is O=C(O)CCC(O)C[C@]1(O)OC[C@@H](O)[C@H](O)[C@H]1O. The Bertz CT molecular complexity index is 296. The summed E-state index contributed by atoms with van der Waals surface area (Å²) in [5.41, 5.74) is 0. The van der Waals surface area contributed by atoms with Crippen molar-refractivity contribution in [2.24, 2.45) is 0 Å². The van der Waals surface area contributed by atoms with Gasteiger partial charge in [-0.25, -0.2) is 0 Å². The van der Waals surface area contributed by atoms with E-state index in [1.807, 2.05) is 0 Å². The van der Waals surface area contributed by atoms with E-state index in [0.29, 0.717) is 0 Å². The molecule has 8 nitrogen and oxygen atoms in total. The lowest BCUT2D eigenvalue weighted by atomic mass is 9.91. The van der Waals surface area contributed by atoms with Gasteiger partial charge >= 0.3 is 5.97 Å². The molecule has 0 bridgehead atoms. The minimum absolute atomic E-state index is 0.119. The lowest BCUT2D eigenvalue weighted by Crippen LogP contribution is -2.61. The summed E-state index contributed by atoms with van der Waals surface area (Å²) in [7, 11) is 0. The minimum atomic E-state index is -2.20. The third-order valence-corrected chi connectivity index (χ3v) is 2.90. The maximum Gasteiger partial charge on any atom is 0.303 e. The van der Waals surface area contributed by atoms with E-state index >= 15 is 0 Å². The number of carbonyl (C=O) groups is 1. The summed E-state index contributed by atoms with van der Waals surface area (Å²) in [6.07, 6.45) is -6.76. The Hall–Kier alpha value is -0.770. The second-order valence-corrected chi connectivity index (χ2v) is 4.45. The molecule has 1 aliphatic rings. The van der Waals surface area contributed by atoms with Crippen molar-refractivity contribution in [2.75, 3.05) is 6.61 Å². The Morgan fingerprint density at radius 3 is 2.56 bits per heavy atom. The number of carboxylic acids is 1. The standard InChI is InChI=1S/C10H18O8/c11-5(1-2-7(13)14)3-10(17)9(16)8(15)6(12)4-18-10/h5-6,8-9,11-12,15-17H,1-4H2,(H,13,14)/t5?,6-,8+,9-,10+/m1/s1. The molecule has 1 rings (SSSR count). The lowest BCUT2D eigenvalue weighted by Gasteiger charge is -2.42. The molecule has 106 valence electrons. The molecule has 6 N–H and O–H groups in total. The highest BCUT2D eigenvalue weighted by atomic mass is 16.6. The summed E-state index contributed by atoms with van der Waals surface area (Å²) >= 11 is 0. The summed E-state index contributed by atoms with van der Waals surface area (Å²) in [6, 6.07) is 0. The fraction of sp³-hybridized carbons (Fsp3) is 0.900. The van der Waals surface area contributed by atoms with Crippen LogP contribution in [0.3, 0.4) is 0 Å². The molecule has 0 aromatic heterocycles. The zero-order valence-corrected chi connectivity index (χ0v) is 9.64. The highest BCUT2D eigenvalue weighted by Crippen LogP contribution is 2.29. The van der Waals surface area contributed by atoms with Crippen molar-refractivity contribution in [1.29, 1.82) is 0 Å². The van der Waals surface area contributed by atoms with Gasteiger partial charge in [0.25, 0.3) is 0 Å². The third kappa shape index (κ3) is 3.61. The maximum absolute atomic E-state index is 10.3. The monoisotopic (exact) mass is 266 g/mol. The summed E-state index contributed by atoms with van der Waals surface area (Å²) in [5.74, 6) is -3.29. The average Bonchev–Trinajstić information content (AvgIpc) is 2.29. The van der Waals surface area contributed by atoms with E-state index in [1.54, 1.807) is 0 Å². The van der Waals surface area contributed by atoms with E-state index in [-0.39, 0.29) is 19.4 Å². The summed E-state index contributed by atoms with van der Waals surface area (Å²) in [4.78, 5) is 10.3. The Morgan fingerprint density at radius 1 is 1.39 bits per heavy atom. The molecular weight excluding hydrogens is 248 g/mol. The molecule has 0 aliphatic carbocycles. The van der Waals surface area contributed by atoms with Gasteiger partial charge in [-0.15, -0.1) is 0 Å². The Balaban J connectivity index is 2.55. The minimum Gasteiger partial charge on any atom is -0.481 e. The topological polar surface area (TPSA) is 148 Å². The van der Waals surface area contributed by atoms with Gasteiger partial charge in [0.15, 0.2) is 5.79 Å². The molecule has 1 fully saturated rings. The number of ether oxygens (including phenoxy) is 1. The van der Waals surface area contributed by atoms with Crippen molar-refractivity contribution < 1.29 is 40.2 Å². The van der Waals surface area contributed by atoms with E-state index < -0.39 is 42.6 Å². The highest BCUT2D eigenvalue weighted by molar-refractivity contribution is 5.66. The van der Waals surface area contributed by atoms with Crippen LogP contribution in [0.1, 0.15) is 19.3 Å². The van der Waals surface area contributed by atoms with Crippen molar-refractivity contribution in [3.05, 3.63) is 0 Å². The second-order valence-electron chi connectivity index (χ2n) is 4.45. The third-order valence-electron chi connectivity index (χ3n) is 2.90. The number of rotatable bonds is 5. The van der Waals surface area contributed by atoms with Crippen LogP contribution in [0.5, 0.6) is 0 Å². The molecule has 1 saturated heterocycles. The molecular formula is C10H18O8. The first-order valence-corrected chi connectivity index (χ1v) is 5.56. The van der Waals surface area contributed by atoms with Crippen LogP contribution in [0, 0.1) is 0 Å². The molecule has 0 amide bonds. The van der Waals surface area contributed by atoms with Crippen LogP contribution in [0.15, 0.2) is 0 Å². The smallest absolute Gasteiger partial charge is 0.303 e. The average molecular weight is 266 g/mol. The fourth-order valence-corrected chi connectivity index (χ4v) is 1.80. The van der Waals surface area contributed by atoms with E-state index in [9.17, 15) is 30.3 Å². The van der Waals surface area contributed by atoms with Crippen LogP contribution in [0.25, 0.3) is 0 Å². The summed E-state index contributed by atoms with van der Waals surface area (Å²) in [5, 5.41) is 56.1. The predicted molar refractivity (Wildman–Crippen MR) is 56.4 cm³/mol. The number of hydrogen-bond donors (Lipinski definition) is 6. The van der Waals surface area contributed by atoms with Crippen LogP contribution in [-0.2, 0) is 9.53 Å². The Morgan fingerprint density at radius 2 is 2.00 bits per heavy atom. The molecule has 0 aromatic rings. The summed E-state index contributed by atoms with van der Waals surface area (Å²) in [6.45, 7) is -0.389. The van der Waals surface area contributed by atoms with E-state index in [4.69, 9.17) is 9.84 Å². The number of aliphatic hydroxyl groups excluding tert-OH is 4. The lowest BCUT2D eigenvalue weighted by molar-refractivity contribution is -0.329. The van der Waals surface area contributed by atoms with Gasteiger partial charge in [-0.05, 0) is 6.42 Å². The number of aliphatic carboxylic acids is 1. The molecule has 1 unspecified atom stereocenters.